The molecule has 26 heavy (non-hydrogen) atoms. The maximum absolute atomic E-state index is 4.63. The van der Waals surface area contributed by atoms with Crippen LogP contribution in [-0.2, 0) is 0 Å². The number of benzene rings is 2. The molecule has 1 aromatic heterocycles. The van der Waals surface area contributed by atoms with Crippen LogP contribution in [-0.4, -0.2) is 29.6 Å². The number of hydrogen-bond acceptors (Lipinski definition) is 5. The van der Waals surface area contributed by atoms with E-state index < -0.39 is 0 Å². The summed E-state index contributed by atoms with van der Waals surface area (Å²) < 4.78 is 0. The number of aromatic nitrogens is 2. The number of fused-ring (bicyclic) bond motifs is 1. The Bertz CT molecular complexity index is 869. The average Bonchev–Trinajstić information content (AvgIpc) is 2.68. The smallest absolute Gasteiger partial charge is 0.229 e. The van der Waals surface area contributed by atoms with Gasteiger partial charge in [0.1, 0.15) is 5.82 Å². The Balaban J connectivity index is 1.87. The van der Waals surface area contributed by atoms with Gasteiger partial charge in [0.25, 0.3) is 0 Å². The molecule has 0 aliphatic heterocycles. The summed E-state index contributed by atoms with van der Waals surface area (Å²) in [7, 11) is 0. The van der Waals surface area contributed by atoms with Crippen LogP contribution in [0.25, 0.3) is 10.9 Å². The van der Waals surface area contributed by atoms with Crippen molar-refractivity contribution in [3.63, 3.8) is 0 Å². The molecule has 2 aromatic carbocycles. The zero-order valence-electron chi connectivity index (χ0n) is 15.4. The predicted molar refractivity (Wildman–Crippen MR) is 112 cm³/mol. The average molecular weight is 347 g/mol. The summed E-state index contributed by atoms with van der Waals surface area (Å²) >= 11 is 0. The molecule has 3 rings (SSSR count). The van der Waals surface area contributed by atoms with E-state index >= 15 is 0 Å². The summed E-state index contributed by atoms with van der Waals surface area (Å²) in [6.07, 6.45) is 1.82. The van der Waals surface area contributed by atoms with Gasteiger partial charge in [-0.15, -0.1) is 6.58 Å². The fourth-order valence-electron chi connectivity index (χ4n) is 2.91. The molecule has 0 aliphatic carbocycles. The Labute approximate surface area is 154 Å². The first-order valence-corrected chi connectivity index (χ1v) is 8.98. The number of nitrogens with one attached hydrogen (secondary N) is 2. The monoisotopic (exact) mass is 347 g/mol. The van der Waals surface area contributed by atoms with Gasteiger partial charge in [-0.1, -0.05) is 18.2 Å². The maximum atomic E-state index is 4.63. The van der Waals surface area contributed by atoms with E-state index in [0.717, 1.165) is 35.5 Å². The molecule has 0 spiro atoms. The van der Waals surface area contributed by atoms with Gasteiger partial charge in [0, 0.05) is 36.4 Å². The van der Waals surface area contributed by atoms with Gasteiger partial charge >= 0.3 is 0 Å². The predicted octanol–water partition coefficient (Wildman–Crippen LogP) is 4.82. The van der Waals surface area contributed by atoms with Crippen molar-refractivity contribution < 1.29 is 0 Å². The summed E-state index contributed by atoms with van der Waals surface area (Å²) in [5.41, 5.74) is 3.08. The third-order valence-corrected chi connectivity index (χ3v) is 4.27. The van der Waals surface area contributed by atoms with E-state index in [1.54, 1.807) is 0 Å². The Kier molecular flexibility index (Phi) is 5.69. The summed E-state index contributed by atoms with van der Waals surface area (Å²) in [6, 6.07) is 16.3. The van der Waals surface area contributed by atoms with Crippen molar-refractivity contribution in [1.29, 1.82) is 0 Å². The maximum Gasteiger partial charge on any atom is 0.229 e. The van der Waals surface area contributed by atoms with Crippen LogP contribution < -0.4 is 15.5 Å². The van der Waals surface area contributed by atoms with E-state index in [4.69, 9.17) is 0 Å². The van der Waals surface area contributed by atoms with Gasteiger partial charge in [-0.05, 0) is 50.2 Å². The number of para-hydroxylation sites is 1. The molecule has 0 atom stereocenters. The molecule has 0 saturated heterocycles. The lowest BCUT2D eigenvalue weighted by Crippen LogP contribution is -2.21. The molecule has 0 fully saturated rings. The molecule has 0 unspecified atom stereocenters. The lowest BCUT2D eigenvalue weighted by atomic mass is 10.2. The van der Waals surface area contributed by atoms with Crippen molar-refractivity contribution in [3.8, 4) is 0 Å². The highest BCUT2D eigenvalue weighted by Gasteiger charge is 2.08. The van der Waals surface area contributed by atoms with E-state index in [2.05, 4.69) is 70.2 Å². The quantitative estimate of drug-likeness (QED) is 0.572. The molecular weight excluding hydrogens is 322 g/mol. The van der Waals surface area contributed by atoms with E-state index in [-0.39, 0.29) is 0 Å². The molecule has 5 nitrogen and oxygen atoms in total. The molecule has 134 valence electrons. The Morgan fingerprint density at radius 2 is 1.73 bits per heavy atom. The second-order valence-electron chi connectivity index (χ2n) is 5.93. The van der Waals surface area contributed by atoms with Gasteiger partial charge in [0.2, 0.25) is 5.95 Å². The highest BCUT2D eigenvalue weighted by molar-refractivity contribution is 5.90. The number of rotatable bonds is 8. The first-order valence-electron chi connectivity index (χ1n) is 8.98. The van der Waals surface area contributed by atoms with Crippen molar-refractivity contribution in [2.75, 3.05) is 35.2 Å². The van der Waals surface area contributed by atoms with E-state index in [0.29, 0.717) is 12.5 Å². The minimum atomic E-state index is 0.575. The molecule has 1 heterocycles. The molecule has 2 N–H and O–H groups in total. The highest BCUT2D eigenvalue weighted by Crippen LogP contribution is 2.24. The van der Waals surface area contributed by atoms with Gasteiger partial charge < -0.3 is 15.5 Å². The van der Waals surface area contributed by atoms with Crippen molar-refractivity contribution in [2.45, 2.75) is 13.8 Å². The molecule has 0 radical (unpaired) electrons. The molecule has 0 bridgehead atoms. The van der Waals surface area contributed by atoms with Crippen LogP contribution in [0.3, 0.4) is 0 Å². The minimum Gasteiger partial charge on any atom is -0.372 e. The van der Waals surface area contributed by atoms with Crippen LogP contribution in [0.1, 0.15) is 13.8 Å². The number of hydrogen-bond donors (Lipinski definition) is 2. The molecule has 0 saturated carbocycles. The van der Waals surface area contributed by atoms with Crippen LogP contribution in [0, 0.1) is 0 Å². The second-order valence-corrected chi connectivity index (χ2v) is 5.93. The van der Waals surface area contributed by atoms with Gasteiger partial charge in [-0.2, -0.15) is 4.98 Å². The fourth-order valence-corrected chi connectivity index (χ4v) is 2.91. The SMILES string of the molecule is C=CCNc1nc(Nc2ccc(N(CC)CC)cc2)nc2ccccc12. The van der Waals surface area contributed by atoms with Crippen molar-refractivity contribution in [2.24, 2.45) is 0 Å². The first kappa shape index (κ1) is 17.7. The fraction of sp³-hybridized carbons (Fsp3) is 0.238. The van der Waals surface area contributed by atoms with E-state index in [9.17, 15) is 0 Å². The largest absolute Gasteiger partial charge is 0.372 e. The van der Waals surface area contributed by atoms with Crippen LogP contribution in [0.4, 0.5) is 23.1 Å². The van der Waals surface area contributed by atoms with Crippen molar-refractivity contribution in [1.82, 2.24) is 9.97 Å². The topological polar surface area (TPSA) is 53.1 Å². The van der Waals surface area contributed by atoms with Crippen LogP contribution in [0.15, 0.2) is 61.2 Å². The summed E-state index contributed by atoms with van der Waals surface area (Å²) in [6.45, 7) is 10.7. The Hall–Kier alpha value is -3.08. The molecule has 3 aromatic rings. The number of nitrogens with zero attached hydrogens (tertiary/aromatic N) is 3. The lowest BCUT2D eigenvalue weighted by molar-refractivity contribution is 0.866. The molecule has 5 heteroatoms. The zero-order chi connectivity index (χ0) is 18.4. The third-order valence-electron chi connectivity index (χ3n) is 4.27. The zero-order valence-corrected chi connectivity index (χ0v) is 15.4. The van der Waals surface area contributed by atoms with Crippen LogP contribution >= 0.6 is 0 Å². The van der Waals surface area contributed by atoms with Gasteiger partial charge in [0.05, 0.1) is 5.52 Å². The van der Waals surface area contributed by atoms with Gasteiger partial charge in [0.15, 0.2) is 0 Å². The first-order chi connectivity index (χ1) is 12.7. The normalized spacial score (nSPS) is 10.5. The van der Waals surface area contributed by atoms with Crippen molar-refractivity contribution >= 4 is 34.0 Å². The number of anilines is 4. The second kappa shape index (κ2) is 8.34. The van der Waals surface area contributed by atoms with E-state index in [1.165, 1.54) is 5.69 Å². The van der Waals surface area contributed by atoms with E-state index in [1.807, 2.05) is 30.3 Å². The minimum absolute atomic E-state index is 0.575. The summed E-state index contributed by atoms with van der Waals surface area (Å²) in [4.78, 5) is 11.6. The molecular formula is C21H25N5. The lowest BCUT2D eigenvalue weighted by Gasteiger charge is -2.21. The summed E-state index contributed by atoms with van der Waals surface area (Å²) in [5, 5.41) is 7.59. The summed E-state index contributed by atoms with van der Waals surface area (Å²) in [5.74, 6) is 1.38. The molecule has 0 aliphatic rings. The van der Waals surface area contributed by atoms with Gasteiger partial charge in [-0.3, -0.25) is 0 Å². The molecule has 0 amide bonds. The van der Waals surface area contributed by atoms with Gasteiger partial charge in [-0.25, -0.2) is 4.98 Å². The van der Waals surface area contributed by atoms with Crippen LogP contribution in [0.5, 0.6) is 0 Å². The Morgan fingerprint density at radius 1 is 1.00 bits per heavy atom. The van der Waals surface area contributed by atoms with Crippen LogP contribution in [0.2, 0.25) is 0 Å². The Morgan fingerprint density at radius 3 is 2.42 bits per heavy atom. The standard InChI is InChI=1S/C21H25N5/c1-4-15-22-20-18-9-7-8-10-19(18)24-21(25-20)23-16-11-13-17(14-12-16)26(5-2)6-3/h4,7-14H,1,5-6,15H2,2-3H3,(H2,22,23,24,25). The highest BCUT2D eigenvalue weighted by atomic mass is 15.1. The third kappa shape index (κ3) is 3.94. The van der Waals surface area contributed by atoms with Crippen molar-refractivity contribution in [3.05, 3.63) is 61.2 Å².